The Morgan fingerprint density at radius 3 is 2.36 bits per heavy atom. The van der Waals surface area contributed by atoms with Crippen molar-refractivity contribution in [1.82, 2.24) is 14.8 Å². The summed E-state index contributed by atoms with van der Waals surface area (Å²) in [6.07, 6.45) is -0.170. The van der Waals surface area contributed by atoms with Gasteiger partial charge < -0.3 is 4.90 Å². The Morgan fingerprint density at radius 1 is 1.21 bits per heavy atom. The minimum Gasteiger partial charge on any atom is -0.370 e. The second kappa shape index (κ2) is 7.38. The van der Waals surface area contributed by atoms with E-state index in [1.807, 2.05) is 4.90 Å². The molecule has 0 saturated carbocycles. The summed E-state index contributed by atoms with van der Waals surface area (Å²) in [6, 6.07) is 3.89. The van der Waals surface area contributed by atoms with Crippen molar-refractivity contribution < 1.29 is 21.6 Å². The first-order chi connectivity index (χ1) is 13.0. The van der Waals surface area contributed by atoms with Crippen molar-refractivity contribution in [2.45, 2.75) is 42.9 Å². The summed E-state index contributed by atoms with van der Waals surface area (Å²) >= 11 is 0. The van der Waals surface area contributed by atoms with Gasteiger partial charge in [0.15, 0.2) is 5.03 Å². The molecule has 154 valence electrons. The predicted molar refractivity (Wildman–Crippen MR) is 98.6 cm³/mol. The zero-order valence-electron chi connectivity index (χ0n) is 15.9. The third kappa shape index (κ3) is 3.61. The van der Waals surface area contributed by atoms with Gasteiger partial charge in [0.2, 0.25) is 15.8 Å². The van der Waals surface area contributed by atoms with Crippen LogP contribution in [-0.4, -0.2) is 41.0 Å². The van der Waals surface area contributed by atoms with Crippen LogP contribution >= 0.6 is 0 Å². The first-order valence-corrected chi connectivity index (χ1v) is 10.5. The van der Waals surface area contributed by atoms with Crippen molar-refractivity contribution in [2.75, 3.05) is 18.0 Å². The van der Waals surface area contributed by atoms with Crippen molar-refractivity contribution in [1.29, 1.82) is 0 Å². The Labute approximate surface area is 162 Å². The van der Waals surface area contributed by atoms with E-state index in [1.165, 1.54) is 19.3 Å². The normalized spacial score (nSPS) is 16.8. The van der Waals surface area contributed by atoms with Gasteiger partial charge in [-0.25, -0.2) is 22.2 Å². The number of aryl methyl sites for hydroxylation is 1. The molecule has 1 saturated heterocycles. The second-order valence-electron chi connectivity index (χ2n) is 7.54. The molecule has 0 aliphatic carbocycles. The van der Waals surface area contributed by atoms with Crippen LogP contribution in [0.2, 0.25) is 0 Å². The molecule has 10 heteroatoms. The van der Waals surface area contributed by atoms with Crippen LogP contribution in [0.4, 0.5) is 18.9 Å². The molecule has 0 aromatic carbocycles. The average molecular weight is 416 g/mol. The summed E-state index contributed by atoms with van der Waals surface area (Å²) in [5.41, 5.74) is 0.240. The molecule has 0 amide bonds. The number of nitrogens with zero attached hydrogens (tertiary/aromatic N) is 4. The lowest BCUT2D eigenvalue weighted by molar-refractivity contribution is 0.145. The Hall–Kier alpha value is -2.10. The van der Waals surface area contributed by atoms with E-state index in [1.54, 1.807) is 19.9 Å². The quantitative estimate of drug-likeness (QED) is 0.699. The van der Waals surface area contributed by atoms with E-state index in [2.05, 4.69) is 10.1 Å². The van der Waals surface area contributed by atoms with Gasteiger partial charge in [-0.05, 0) is 44.7 Å². The molecule has 0 spiro atoms. The minimum absolute atomic E-state index is 0.160. The fourth-order valence-electron chi connectivity index (χ4n) is 3.71. The van der Waals surface area contributed by atoms with E-state index in [-0.39, 0.29) is 10.9 Å². The van der Waals surface area contributed by atoms with Gasteiger partial charge in [0, 0.05) is 26.2 Å². The molecule has 0 bridgehead atoms. The fraction of sp³-hybridized carbons (Fsp3) is 0.556. The fourth-order valence-corrected chi connectivity index (χ4v) is 5.58. The largest absolute Gasteiger partial charge is 0.370 e. The first kappa shape index (κ1) is 20.6. The molecule has 0 unspecified atom stereocenters. The summed E-state index contributed by atoms with van der Waals surface area (Å²) in [5, 5.41) is 3.44. The molecular weight excluding hydrogens is 393 g/mol. The molecule has 3 heterocycles. The van der Waals surface area contributed by atoms with Crippen LogP contribution in [0.25, 0.3) is 0 Å². The molecule has 2 aromatic rings. The number of hydrogen-bond acceptors (Lipinski definition) is 5. The Kier molecular flexibility index (Phi) is 5.44. The molecule has 0 radical (unpaired) electrons. The maximum Gasteiger partial charge on any atom is 0.282 e. The van der Waals surface area contributed by atoms with Crippen LogP contribution in [-0.2, 0) is 16.9 Å². The van der Waals surface area contributed by atoms with E-state index in [0.717, 1.165) is 16.4 Å². The number of rotatable bonds is 5. The molecule has 28 heavy (non-hydrogen) atoms. The van der Waals surface area contributed by atoms with Crippen molar-refractivity contribution >= 4 is 15.5 Å². The predicted octanol–water partition coefficient (Wildman–Crippen LogP) is 3.36. The monoisotopic (exact) mass is 416 g/mol. The first-order valence-electron chi connectivity index (χ1n) is 8.97. The van der Waals surface area contributed by atoms with Crippen molar-refractivity contribution in [3.8, 4) is 0 Å². The van der Waals surface area contributed by atoms with Gasteiger partial charge in [-0.15, -0.1) is 0 Å². The number of alkyl halides is 2. The van der Waals surface area contributed by atoms with Crippen LogP contribution in [0.3, 0.4) is 0 Å². The number of sulfone groups is 1. The van der Waals surface area contributed by atoms with Crippen molar-refractivity contribution in [2.24, 2.45) is 13.0 Å². The molecule has 1 aliphatic rings. The van der Waals surface area contributed by atoms with Gasteiger partial charge in [0.25, 0.3) is 6.43 Å². The molecule has 3 rings (SSSR count). The van der Waals surface area contributed by atoms with Gasteiger partial charge in [-0.3, -0.25) is 4.68 Å². The molecule has 2 aromatic heterocycles. The van der Waals surface area contributed by atoms with Gasteiger partial charge in [-0.1, -0.05) is 0 Å². The maximum absolute atomic E-state index is 13.2. The number of aromatic nitrogens is 3. The minimum atomic E-state index is -3.88. The standard InChI is InChI=1S/C18H23F3N4O2S/c1-18(2,28(26,27)16-10-14(17(20)21)23-24(16)3)12-6-8-25(9-7-12)13-4-5-15(19)22-11-13/h4-5,10-12,17H,6-9H2,1-3H3. The average Bonchev–Trinajstić information content (AvgIpc) is 3.05. The van der Waals surface area contributed by atoms with Crippen molar-refractivity contribution in [3.05, 3.63) is 36.0 Å². The van der Waals surface area contributed by atoms with Crippen LogP contribution in [0.15, 0.2) is 29.4 Å². The number of halogens is 3. The summed E-state index contributed by atoms with van der Waals surface area (Å²) in [5.74, 6) is -0.711. The summed E-state index contributed by atoms with van der Waals surface area (Å²) in [4.78, 5) is 5.68. The van der Waals surface area contributed by atoms with Crippen LogP contribution in [0.1, 0.15) is 38.8 Å². The molecule has 1 aliphatic heterocycles. The summed E-state index contributed by atoms with van der Waals surface area (Å²) in [7, 11) is -2.52. The van der Waals surface area contributed by atoms with Crippen LogP contribution < -0.4 is 4.90 Å². The SMILES string of the molecule is Cn1nc(C(F)F)cc1S(=O)(=O)C(C)(C)C1CCN(c2ccc(F)nc2)CC1. The molecule has 6 nitrogen and oxygen atoms in total. The van der Waals surface area contributed by atoms with Gasteiger partial charge >= 0.3 is 0 Å². The molecular formula is C18H23F3N4O2S. The number of anilines is 1. The highest BCUT2D eigenvalue weighted by atomic mass is 32.2. The van der Waals surface area contributed by atoms with E-state index in [4.69, 9.17) is 0 Å². The second-order valence-corrected chi connectivity index (χ2v) is 10.0. The third-order valence-electron chi connectivity index (χ3n) is 5.60. The lowest BCUT2D eigenvalue weighted by Gasteiger charge is -2.40. The smallest absolute Gasteiger partial charge is 0.282 e. The molecule has 0 atom stereocenters. The topological polar surface area (TPSA) is 68.1 Å². The summed E-state index contributed by atoms with van der Waals surface area (Å²) in [6.45, 7) is 4.48. The third-order valence-corrected chi connectivity index (χ3v) is 8.25. The number of piperidine rings is 1. The van der Waals surface area contributed by atoms with Crippen LogP contribution in [0.5, 0.6) is 0 Å². The van der Waals surface area contributed by atoms with E-state index in [0.29, 0.717) is 25.9 Å². The lowest BCUT2D eigenvalue weighted by Crippen LogP contribution is -2.46. The zero-order valence-corrected chi connectivity index (χ0v) is 16.8. The van der Waals surface area contributed by atoms with Gasteiger partial charge in [-0.2, -0.15) is 9.49 Å². The van der Waals surface area contributed by atoms with E-state index < -0.39 is 32.7 Å². The van der Waals surface area contributed by atoms with E-state index >= 15 is 0 Å². The summed E-state index contributed by atoms with van der Waals surface area (Å²) < 4.78 is 65.2. The highest BCUT2D eigenvalue weighted by Crippen LogP contribution is 2.39. The Bertz CT molecular complexity index is 934. The lowest BCUT2D eigenvalue weighted by atomic mass is 9.85. The van der Waals surface area contributed by atoms with Crippen LogP contribution in [0, 0.1) is 11.9 Å². The van der Waals surface area contributed by atoms with Crippen molar-refractivity contribution in [3.63, 3.8) is 0 Å². The Balaban J connectivity index is 1.78. The zero-order chi connectivity index (χ0) is 20.7. The van der Waals surface area contributed by atoms with Gasteiger partial charge in [0.1, 0.15) is 5.69 Å². The van der Waals surface area contributed by atoms with Gasteiger partial charge in [0.05, 0.1) is 16.6 Å². The Morgan fingerprint density at radius 2 is 1.86 bits per heavy atom. The number of hydrogen-bond donors (Lipinski definition) is 0. The van der Waals surface area contributed by atoms with E-state index in [9.17, 15) is 21.6 Å². The maximum atomic E-state index is 13.2. The molecule has 0 N–H and O–H groups in total. The number of pyridine rings is 1. The highest BCUT2D eigenvalue weighted by Gasteiger charge is 2.45. The molecule has 1 fully saturated rings. The highest BCUT2D eigenvalue weighted by molar-refractivity contribution is 7.92.